The van der Waals surface area contributed by atoms with Gasteiger partial charge in [-0.2, -0.15) is 0 Å². The SMILES string of the molecule is CO[C@]1(C)C[C@@]2(OCC[C@H]3OC(=O)[C@H](C)[C@@H](O2)[C@H](C)[C@@H](O[C@@H]2O[C@H](C)C[C@H]([N+](C)(C)[O-])[C@H]2O)[C@](C)(O)C[C@@H](C)C(=O)[C@H](C)[C@@H](O)[C@]3(C)O)O[C@@H](C)[C@@H]1O. The van der Waals surface area contributed by atoms with Gasteiger partial charge in [-0.1, -0.05) is 20.8 Å². The molecule has 16 nitrogen and oxygen atoms in total. The number of ketones is 1. The van der Waals surface area contributed by atoms with Crippen LogP contribution >= 0.6 is 0 Å². The largest absolute Gasteiger partial charge is 0.633 e. The Morgan fingerprint density at radius 2 is 1.55 bits per heavy atom. The van der Waals surface area contributed by atoms with Gasteiger partial charge in [0.2, 0.25) is 0 Å². The molecule has 0 radical (unpaired) electrons. The molecule has 18 atom stereocenters. The Morgan fingerprint density at radius 3 is 2.13 bits per heavy atom. The molecular formula is C37H65NO15. The molecule has 308 valence electrons. The molecule has 4 heterocycles. The number of ether oxygens (including phenoxy) is 7. The summed E-state index contributed by atoms with van der Waals surface area (Å²) >= 11 is 0. The van der Waals surface area contributed by atoms with Crippen molar-refractivity contribution in [3.63, 3.8) is 0 Å². The van der Waals surface area contributed by atoms with Crippen molar-refractivity contribution >= 4 is 11.8 Å². The summed E-state index contributed by atoms with van der Waals surface area (Å²) in [5.41, 5.74) is -5.31. The van der Waals surface area contributed by atoms with Gasteiger partial charge < -0.3 is 68.5 Å². The van der Waals surface area contributed by atoms with E-state index in [0.717, 1.165) is 0 Å². The number of hydroxylamine groups is 3. The highest BCUT2D eigenvalue weighted by Gasteiger charge is 2.59. The zero-order valence-corrected chi connectivity index (χ0v) is 33.4. The minimum Gasteiger partial charge on any atom is -0.633 e. The number of fused-ring (bicyclic) bond motifs is 4. The van der Waals surface area contributed by atoms with Crippen LogP contribution in [0.2, 0.25) is 0 Å². The van der Waals surface area contributed by atoms with Gasteiger partial charge in [-0.25, -0.2) is 0 Å². The summed E-state index contributed by atoms with van der Waals surface area (Å²) in [6, 6.07) is -0.846. The van der Waals surface area contributed by atoms with E-state index < -0.39 is 124 Å². The van der Waals surface area contributed by atoms with E-state index in [-0.39, 0.29) is 32.3 Å². The normalized spacial score (nSPS) is 51.2. The van der Waals surface area contributed by atoms with E-state index in [1.54, 1.807) is 34.6 Å². The van der Waals surface area contributed by atoms with Gasteiger partial charge in [0.05, 0.1) is 69.2 Å². The maximum Gasteiger partial charge on any atom is 0.311 e. The molecule has 0 aromatic heterocycles. The number of aliphatic hydroxyl groups excluding tert-OH is 3. The van der Waals surface area contributed by atoms with Gasteiger partial charge in [0.25, 0.3) is 5.97 Å². The van der Waals surface area contributed by atoms with Gasteiger partial charge in [0, 0.05) is 37.7 Å². The smallest absolute Gasteiger partial charge is 0.311 e. The number of esters is 1. The summed E-state index contributed by atoms with van der Waals surface area (Å²) < 4.78 is 42.9. The molecule has 4 rings (SSSR count). The average molecular weight is 764 g/mol. The summed E-state index contributed by atoms with van der Waals surface area (Å²) in [6.07, 6.45) is -11.4. The molecule has 0 aliphatic carbocycles. The van der Waals surface area contributed by atoms with Crippen LogP contribution in [0.25, 0.3) is 0 Å². The highest BCUT2D eigenvalue weighted by atomic mass is 16.9. The van der Waals surface area contributed by atoms with Gasteiger partial charge in [-0.05, 0) is 48.0 Å². The second kappa shape index (κ2) is 15.9. The van der Waals surface area contributed by atoms with Crippen LogP contribution in [0.4, 0.5) is 0 Å². The van der Waals surface area contributed by atoms with E-state index in [9.17, 15) is 40.3 Å². The molecule has 5 N–H and O–H groups in total. The molecule has 4 fully saturated rings. The van der Waals surface area contributed by atoms with E-state index in [2.05, 4.69) is 0 Å². The third-order valence-electron chi connectivity index (χ3n) is 12.3. The van der Waals surface area contributed by atoms with Gasteiger partial charge in [0.15, 0.2) is 12.4 Å². The van der Waals surface area contributed by atoms with Crippen LogP contribution in [-0.2, 0) is 42.7 Å². The molecule has 4 aliphatic heterocycles. The van der Waals surface area contributed by atoms with E-state index >= 15 is 0 Å². The molecule has 4 saturated heterocycles. The third kappa shape index (κ3) is 8.95. The lowest BCUT2D eigenvalue weighted by molar-refractivity contribution is -0.874. The summed E-state index contributed by atoms with van der Waals surface area (Å²) in [5, 5.41) is 71.5. The molecule has 0 saturated carbocycles. The van der Waals surface area contributed by atoms with Gasteiger partial charge in [-0.15, -0.1) is 0 Å². The van der Waals surface area contributed by atoms with Crippen molar-refractivity contribution in [2.75, 3.05) is 27.8 Å². The van der Waals surface area contributed by atoms with Crippen molar-refractivity contribution in [1.82, 2.24) is 0 Å². The number of Topliss-reactive ketones (excluding diaryl/α,β-unsaturated/α-hetero) is 1. The molecule has 2 bridgehead atoms. The van der Waals surface area contributed by atoms with E-state index in [1.807, 2.05) is 0 Å². The van der Waals surface area contributed by atoms with Crippen LogP contribution in [-0.4, -0.2) is 154 Å². The molecular weight excluding hydrogens is 698 g/mol. The second-order valence-electron chi connectivity index (χ2n) is 17.4. The molecule has 1 spiro atoms. The molecule has 0 aromatic carbocycles. The van der Waals surface area contributed by atoms with Crippen LogP contribution in [0.15, 0.2) is 0 Å². The molecule has 0 aromatic rings. The second-order valence-corrected chi connectivity index (χ2v) is 17.4. The first-order chi connectivity index (χ1) is 24.2. The zero-order valence-electron chi connectivity index (χ0n) is 33.4. The highest BCUT2D eigenvalue weighted by Crippen LogP contribution is 2.45. The first-order valence-corrected chi connectivity index (χ1v) is 18.8. The summed E-state index contributed by atoms with van der Waals surface area (Å²) in [5.74, 6) is -7.49. The standard InChI is InChI=1S/C37H65NO15/c1-18-16-34(7,44)31(51-33-27(40)24(38(10,11)46)15-19(2)49-33)21(4)28-22(5)32(43)50-25(36(9,45)29(41)20(3)26(18)39)13-14-48-37(53-28)17-35(8,47-12)30(42)23(6)52-37/h18-25,27-31,33,40-42,44-45H,13-17H2,1-12H3/t18-,19-,20+,21+,22-,23+,24+,25-,27-,28+,29-,30+,31-,33+,34-,35-,36-,37-/m1/s1. The Bertz CT molecular complexity index is 1290. The monoisotopic (exact) mass is 763 g/mol. The number of likely N-dealkylation sites (N-methyl/N-ethyl adjacent to an activating group) is 1. The van der Waals surface area contributed by atoms with Crippen LogP contribution in [0.3, 0.4) is 0 Å². The lowest BCUT2D eigenvalue weighted by Gasteiger charge is -2.53. The number of quaternary nitrogens is 1. The Kier molecular flexibility index (Phi) is 13.3. The summed E-state index contributed by atoms with van der Waals surface area (Å²) in [4.78, 5) is 28.0. The Morgan fingerprint density at radius 1 is 0.925 bits per heavy atom. The lowest BCUT2D eigenvalue weighted by Crippen LogP contribution is -2.66. The third-order valence-corrected chi connectivity index (χ3v) is 12.3. The summed E-state index contributed by atoms with van der Waals surface area (Å²) in [7, 11) is 4.25. The predicted molar refractivity (Wildman–Crippen MR) is 187 cm³/mol. The quantitative estimate of drug-likeness (QED) is 0.154. The topological polar surface area (TPSA) is 223 Å². The molecule has 0 amide bonds. The Hall–Kier alpha value is -1.38. The number of rotatable bonds is 4. The highest BCUT2D eigenvalue weighted by molar-refractivity contribution is 5.83. The Labute approximate surface area is 313 Å². The lowest BCUT2D eigenvalue weighted by atomic mass is 9.74. The fourth-order valence-electron chi connectivity index (χ4n) is 8.90. The number of carbonyl (C=O) groups excluding carboxylic acids is 2. The van der Waals surface area contributed by atoms with Gasteiger partial charge >= 0.3 is 5.97 Å². The minimum atomic E-state index is -2.13. The van der Waals surface area contributed by atoms with Crippen LogP contribution < -0.4 is 0 Å². The zero-order chi connectivity index (χ0) is 40.2. The first-order valence-electron chi connectivity index (χ1n) is 18.8. The number of carbonyl (C=O) groups is 2. The summed E-state index contributed by atoms with van der Waals surface area (Å²) in [6.45, 7) is 13.8. The van der Waals surface area contributed by atoms with Gasteiger partial charge in [-0.3, -0.25) is 9.59 Å². The van der Waals surface area contributed by atoms with Crippen molar-refractivity contribution in [3.05, 3.63) is 5.21 Å². The number of nitrogens with zero attached hydrogens (tertiary/aromatic N) is 1. The number of methoxy groups -OCH3 is 1. The van der Waals surface area contributed by atoms with Crippen molar-refractivity contribution in [2.24, 2.45) is 23.7 Å². The maximum absolute atomic E-state index is 14.2. The fourth-order valence-corrected chi connectivity index (χ4v) is 8.90. The van der Waals surface area contributed by atoms with Crippen molar-refractivity contribution in [3.8, 4) is 0 Å². The van der Waals surface area contributed by atoms with Gasteiger partial charge in [0.1, 0.15) is 35.2 Å². The number of hydrogen-bond donors (Lipinski definition) is 5. The van der Waals surface area contributed by atoms with Crippen LogP contribution in [0.1, 0.15) is 88.0 Å². The van der Waals surface area contributed by atoms with Crippen LogP contribution in [0.5, 0.6) is 0 Å². The fraction of sp³-hybridized carbons (Fsp3) is 0.946. The predicted octanol–water partition coefficient (Wildman–Crippen LogP) is 1.14. The van der Waals surface area contributed by atoms with E-state index in [0.29, 0.717) is 0 Å². The maximum atomic E-state index is 14.2. The Balaban J connectivity index is 1.92. The van der Waals surface area contributed by atoms with Crippen molar-refractivity contribution < 1.29 is 72.9 Å². The van der Waals surface area contributed by atoms with Crippen LogP contribution in [0, 0.1) is 28.9 Å². The first kappa shape index (κ1) is 44.3. The molecule has 0 unspecified atom stereocenters. The average Bonchev–Trinajstić information content (AvgIpc) is 3.06. The molecule has 53 heavy (non-hydrogen) atoms. The van der Waals surface area contributed by atoms with E-state index in [1.165, 1.54) is 48.9 Å². The van der Waals surface area contributed by atoms with Crippen molar-refractivity contribution in [2.45, 2.75) is 172 Å². The molecule has 4 aliphatic rings. The number of hydrogen-bond acceptors (Lipinski definition) is 15. The van der Waals surface area contributed by atoms with Crippen molar-refractivity contribution in [1.29, 1.82) is 0 Å². The minimum absolute atomic E-state index is 0.139. The van der Waals surface area contributed by atoms with E-state index in [4.69, 9.17) is 33.2 Å². The number of aliphatic hydroxyl groups is 5. The molecule has 16 heteroatoms.